The number of carboxylic acids is 1. The van der Waals surface area contributed by atoms with Crippen LogP contribution < -0.4 is 169 Å². The van der Waals surface area contributed by atoms with E-state index >= 15 is 0 Å². The first-order valence-electron chi connectivity index (χ1n) is 2.58. The van der Waals surface area contributed by atoms with Gasteiger partial charge in [0.05, 0.1) is 0 Å². The molecule has 0 unspecified atom stereocenters. The van der Waals surface area contributed by atoms with Gasteiger partial charge in [-0.25, -0.2) is 0 Å². The van der Waals surface area contributed by atoms with E-state index in [2.05, 4.69) is 0 Å². The fraction of sp³-hybridized carbons (Fsp3) is 0.600. The van der Waals surface area contributed by atoms with Crippen molar-refractivity contribution in [2.45, 2.75) is 19.8 Å². The molecule has 0 rings (SSSR count). The molecule has 13 heavy (non-hydrogen) atoms. The number of hydrogen-bond donors (Lipinski definition) is 0. The van der Waals surface area contributed by atoms with Crippen molar-refractivity contribution in [3.63, 3.8) is 0 Å². The van der Waals surface area contributed by atoms with Crippen LogP contribution in [0.4, 0.5) is 4.79 Å². The Morgan fingerprint density at radius 3 is 1.23 bits per heavy atom. The first-order valence-corrected chi connectivity index (χ1v) is 2.58. The van der Waals surface area contributed by atoms with E-state index < -0.39 is 12.1 Å². The van der Waals surface area contributed by atoms with Crippen LogP contribution in [-0.2, 0) is 4.79 Å². The Morgan fingerprint density at radius 1 is 1.00 bits per heavy atom. The van der Waals surface area contributed by atoms with Crippen molar-refractivity contribution < 1.29 is 179 Å². The van der Waals surface area contributed by atoms with E-state index in [-0.39, 0.29) is 161 Å². The summed E-state index contributed by atoms with van der Waals surface area (Å²) in [7, 11) is 0. The molecule has 0 heterocycles. The molecular formula is C5H7K3O5. The molecule has 0 aliphatic heterocycles. The van der Waals surface area contributed by atoms with E-state index in [1.807, 2.05) is 0 Å². The van der Waals surface area contributed by atoms with Crippen molar-refractivity contribution in [3.05, 3.63) is 0 Å². The first kappa shape index (κ1) is 30.0. The Hall–Kier alpha value is 3.65. The molecule has 0 aromatic carbocycles. The van der Waals surface area contributed by atoms with Crippen LogP contribution in [0.25, 0.3) is 0 Å². The van der Waals surface area contributed by atoms with Gasteiger partial charge in [0.2, 0.25) is 0 Å². The van der Waals surface area contributed by atoms with Crippen LogP contribution in [0.2, 0.25) is 0 Å². The first-order chi connectivity index (χ1) is 4.50. The van der Waals surface area contributed by atoms with Gasteiger partial charge < -0.3 is 24.9 Å². The van der Waals surface area contributed by atoms with Crippen molar-refractivity contribution in [1.29, 1.82) is 0 Å². The van der Waals surface area contributed by atoms with Crippen molar-refractivity contribution in [1.82, 2.24) is 0 Å². The summed E-state index contributed by atoms with van der Waals surface area (Å²) in [4.78, 5) is 17.8. The zero-order valence-corrected chi connectivity index (χ0v) is 17.8. The Balaban J connectivity index is -0.0000000279. The number of aliphatic carboxylic acids is 1. The van der Waals surface area contributed by atoms with E-state index in [9.17, 15) is 9.90 Å². The van der Waals surface area contributed by atoms with Crippen LogP contribution in [-0.4, -0.2) is 12.1 Å². The number of rotatable bonds is 2. The van der Waals surface area contributed by atoms with Crippen LogP contribution in [0.1, 0.15) is 19.8 Å². The Bertz CT molecular complexity index is 115. The molecule has 0 saturated heterocycles. The average Bonchev–Trinajstić information content (AvgIpc) is 1.62. The number of carbonyl (C=O) groups is 2. The molecule has 0 aliphatic carbocycles. The van der Waals surface area contributed by atoms with Crippen LogP contribution in [0.3, 0.4) is 0 Å². The second kappa shape index (κ2) is 24.7. The fourth-order valence-electron chi connectivity index (χ4n) is 0.204. The van der Waals surface area contributed by atoms with Gasteiger partial charge in [-0.15, -0.1) is 0 Å². The summed E-state index contributed by atoms with van der Waals surface area (Å²) in [6.07, 6.45) is -1.48. The summed E-state index contributed by atoms with van der Waals surface area (Å²) in [5.41, 5.74) is 0. The quantitative estimate of drug-likeness (QED) is 0.461. The van der Waals surface area contributed by atoms with Crippen LogP contribution in [0.15, 0.2) is 0 Å². The number of hydrogen-bond acceptors (Lipinski definition) is 5. The number of carboxylic acid groups (broad SMARTS) is 3. The third-order valence-corrected chi connectivity index (χ3v) is 0.454. The van der Waals surface area contributed by atoms with Crippen molar-refractivity contribution in [3.8, 4) is 0 Å². The summed E-state index contributed by atoms with van der Waals surface area (Å²) in [6.45, 7) is 1.80. The second-order valence-electron chi connectivity index (χ2n) is 1.37. The van der Waals surface area contributed by atoms with Crippen LogP contribution >= 0.6 is 0 Å². The molecule has 0 N–H and O–H groups in total. The van der Waals surface area contributed by atoms with Crippen LogP contribution in [0, 0.1) is 0 Å². The topological polar surface area (TPSA) is 103 Å². The molecule has 0 aliphatic rings. The maximum atomic E-state index is 9.49. The van der Waals surface area contributed by atoms with Gasteiger partial charge in [-0.3, -0.25) is 0 Å². The SMILES string of the molecule is CCCC(=O)[O-].O=C([O-])[O-].[K+].[K+].[K+]. The molecule has 5 nitrogen and oxygen atoms in total. The minimum atomic E-state index is -2.33. The van der Waals surface area contributed by atoms with E-state index in [0.717, 1.165) is 0 Å². The fourth-order valence-corrected chi connectivity index (χ4v) is 0.204. The van der Waals surface area contributed by atoms with Gasteiger partial charge in [0, 0.05) is 5.97 Å². The zero-order chi connectivity index (χ0) is 8.57. The van der Waals surface area contributed by atoms with Gasteiger partial charge >= 0.3 is 154 Å². The van der Waals surface area contributed by atoms with Gasteiger partial charge in [-0.2, -0.15) is 0 Å². The van der Waals surface area contributed by atoms with Gasteiger partial charge in [0.15, 0.2) is 0 Å². The van der Waals surface area contributed by atoms with Crippen molar-refractivity contribution >= 4 is 12.1 Å². The number of carbonyl (C=O) groups excluding carboxylic acids is 2. The molecule has 0 aromatic heterocycles. The van der Waals surface area contributed by atoms with Crippen molar-refractivity contribution in [2.24, 2.45) is 0 Å². The van der Waals surface area contributed by atoms with E-state index in [0.29, 0.717) is 6.42 Å². The smallest absolute Gasteiger partial charge is 0.652 e. The molecule has 0 atom stereocenters. The maximum absolute atomic E-state index is 9.49. The Kier molecular flexibility index (Phi) is 57.2. The third kappa shape index (κ3) is 65.9. The van der Waals surface area contributed by atoms with Gasteiger partial charge in [-0.1, -0.05) is 13.3 Å². The molecule has 0 spiro atoms. The normalized spacial score (nSPS) is 5.62. The molecule has 60 valence electrons. The average molecular weight is 264 g/mol. The Morgan fingerprint density at radius 2 is 1.23 bits per heavy atom. The molecular weight excluding hydrogens is 257 g/mol. The van der Waals surface area contributed by atoms with E-state index in [1.165, 1.54) is 0 Å². The molecule has 0 fully saturated rings. The molecule has 0 bridgehead atoms. The summed E-state index contributed by atoms with van der Waals surface area (Å²) in [6, 6.07) is 0. The monoisotopic (exact) mass is 264 g/mol. The summed E-state index contributed by atoms with van der Waals surface area (Å²) in [5, 5.41) is 26.2. The standard InChI is InChI=1S/C4H8O2.CH2O3.3K/c1-2-3-4(5)6;2-1(3)4;;;/h2-3H2,1H3,(H,5,6);(H2,2,3,4);;;/q;;3*+1/p-3. The molecule has 0 saturated carbocycles. The molecule has 8 heteroatoms. The van der Waals surface area contributed by atoms with Crippen LogP contribution in [0.5, 0.6) is 0 Å². The summed E-state index contributed by atoms with van der Waals surface area (Å²) in [5.74, 6) is -0.961. The minimum absolute atomic E-state index is 0. The summed E-state index contributed by atoms with van der Waals surface area (Å²) < 4.78 is 0. The van der Waals surface area contributed by atoms with Gasteiger partial charge in [0.1, 0.15) is 0 Å². The van der Waals surface area contributed by atoms with Crippen molar-refractivity contribution in [2.75, 3.05) is 0 Å². The van der Waals surface area contributed by atoms with E-state index in [1.54, 1.807) is 6.92 Å². The predicted molar refractivity (Wildman–Crippen MR) is 25.3 cm³/mol. The molecule has 0 radical (unpaired) electrons. The predicted octanol–water partition coefficient (Wildman–Crippen LogP) is -11.9. The minimum Gasteiger partial charge on any atom is -0.652 e. The third-order valence-electron chi connectivity index (χ3n) is 0.454. The Labute approximate surface area is 205 Å². The molecule has 0 amide bonds. The van der Waals surface area contributed by atoms with Gasteiger partial charge in [0.25, 0.3) is 0 Å². The zero-order valence-electron chi connectivity index (χ0n) is 8.46. The largest absolute Gasteiger partial charge is 1.00 e. The van der Waals surface area contributed by atoms with Gasteiger partial charge in [-0.05, 0) is 12.6 Å². The molecule has 0 aromatic rings. The second-order valence-corrected chi connectivity index (χ2v) is 1.37. The maximum Gasteiger partial charge on any atom is 1.00 e. The summed E-state index contributed by atoms with van der Waals surface area (Å²) >= 11 is 0. The van der Waals surface area contributed by atoms with E-state index in [4.69, 9.17) is 15.0 Å².